The highest BCUT2D eigenvalue weighted by Crippen LogP contribution is 2.26. The zero-order valence-corrected chi connectivity index (χ0v) is 16.1. The molecule has 0 aliphatic rings. The fourth-order valence-electron chi connectivity index (χ4n) is 3.29. The lowest BCUT2D eigenvalue weighted by molar-refractivity contribution is 0.840. The van der Waals surface area contributed by atoms with Crippen molar-refractivity contribution < 1.29 is 0 Å². The summed E-state index contributed by atoms with van der Waals surface area (Å²) in [5.41, 5.74) is 14.3. The van der Waals surface area contributed by atoms with E-state index in [1.54, 1.807) is 0 Å². The van der Waals surface area contributed by atoms with E-state index in [4.69, 9.17) is 11.1 Å². The molecule has 0 spiro atoms. The maximum atomic E-state index is 7.55. The van der Waals surface area contributed by atoms with Crippen LogP contribution in [0.2, 0.25) is 0 Å². The van der Waals surface area contributed by atoms with Crippen LogP contribution in [-0.4, -0.2) is 5.84 Å². The van der Waals surface area contributed by atoms with Gasteiger partial charge in [-0.15, -0.1) is 6.58 Å². The largest absolute Gasteiger partial charge is 0.387 e. The number of aryl methyl sites for hydroxylation is 2. The van der Waals surface area contributed by atoms with Crippen LogP contribution in [0, 0.1) is 19.3 Å². The minimum atomic E-state index is 0.198. The first-order chi connectivity index (χ1) is 12.4. The molecular formula is C24H30N2. The van der Waals surface area contributed by atoms with Gasteiger partial charge in [-0.25, -0.2) is 0 Å². The predicted octanol–water partition coefficient (Wildman–Crippen LogP) is 5.55. The van der Waals surface area contributed by atoms with Crippen molar-refractivity contribution in [1.82, 2.24) is 0 Å². The van der Waals surface area contributed by atoms with E-state index in [9.17, 15) is 0 Å². The van der Waals surface area contributed by atoms with Gasteiger partial charge in [-0.2, -0.15) is 0 Å². The van der Waals surface area contributed by atoms with Crippen LogP contribution in [0.5, 0.6) is 0 Å². The van der Waals surface area contributed by atoms with Gasteiger partial charge in [-0.1, -0.05) is 49.1 Å². The molecule has 0 heterocycles. The van der Waals surface area contributed by atoms with Crippen LogP contribution in [-0.2, 0) is 19.3 Å². The van der Waals surface area contributed by atoms with Gasteiger partial charge in [0.2, 0.25) is 0 Å². The topological polar surface area (TPSA) is 49.9 Å². The van der Waals surface area contributed by atoms with Crippen molar-refractivity contribution in [2.75, 3.05) is 0 Å². The molecule has 0 aliphatic carbocycles. The Balaban J connectivity index is 2.29. The van der Waals surface area contributed by atoms with E-state index in [0.717, 1.165) is 36.8 Å². The minimum Gasteiger partial charge on any atom is -0.387 e. The highest BCUT2D eigenvalue weighted by atomic mass is 14.7. The van der Waals surface area contributed by atoms with Gasteiger partial charge in [0.05, 0.1) is 5.84 Å². The summed E-state index contributed by atoms with van der Waals surface area (Å²) in [7, 11) is 0. The molecule has 0 atom stereocenters. The van der Waals surface area contributed by atoms with Gasteiger partial charge in [0.25, 0.3) is 0 Å². The summed E-state index contributed by atoms with van der Waals surface area (Å²) in [4.78, 5) is 0. The number of rotatable bonds is 9. The minimum absolute atomic E-state index is 0.198. The molecule has 0 radical (unpaired) electrons. The Morgan fingerprint density at radius 3 is 2.58 bits per heavy atom. The van der Waals surface area contributed by atoms with Crippen molar-refractivity contribution in [2.24, 2.45) is 5.73 Å². The zero-order chi connectivity index (χ0) is 19.1. The molecule has 26 heavy (non-hydrogen) atoms. The number of allylic oxidation sites excluding steroid dienone is 2. The molecule has 0 unspecified atom stereocenters. The molecule has 0 fully saturated rings. The molecule has 2 nitrogen and oxygen atoms in total. The van der Waals surface area contributed by atoms with E-state index >= 15 is 0 Å². The van der Waals surface area contributed by atoms with E-state index in [0.29, 0.717) is 6.42 Å². The Morgan fingerprint density at radius 1 is 1.12 bits per heavy atom. The average molecular weight is 347 g/mol. The predicted molar refractivity (Wildman–Crippen MR) is 114 cm³/mol. The summed E-state index contributed by atoms with van der Waals surface area (Å²) in [5, 5.41) is 7.55. The molecule has 0 aromatic heterocycles. The number of amidine groups is 1. The first kappa shape index (κ1) is 19.7. The summed E-state index contributed by atoms with van der Waals surface area (Å²) in [5.74, 6) is 0.198. The number of hydrogen-bond donors (Lipinski definition) is 2. The van der Waals surface area contributed by atoms with Gasteiger partial charge < -0.3 is 5.73 Å². The van der Waals surface area contributed by atoms with Crippen LogP contribution in [0.15, 0.2) is 55.6 Å². The van der Waals surface area contributed by atoms with Crippen molar-refractivity contribution in [3.8, 4) is 0 Å². The quantitative estimate of drug-likeness (QED) is 0.266. The number of hydrogen-bond acceptors (Lipinski definition) is 1. The molecule has 3 N–H and O–H groups in total. The van der Waals surface area contributed by atoms with Crippen LogP contribution >= 0.6 is 0 Å². The molecule has 0 amide bonds. The monoisotopic (exact) mass is 346 g/mol. The highest BCUT2D eigenvalue weighted by Gasteiger charge is 2.10. The second-order valence-corrected chi connectivity index (χ2v) is 7.01. The molecule has 2 aromatic rings. The van der Waals surface area contributed by atoms with Crippen LogP contribution in [0.3, 0.4) is 0 Å². The summed E-state index contributed by atoms with van der Waals surface area (Å²) >= 11 is 0. The van der Waals surface area contributed by atoms with Gasteiger partial charge >= 0.3 is 0 Å². The van der Waals surface area contributed by atoms with Crippen LogP contribution in [0.1, 0.15) is 46.2 Å². The third-order valence-electron chi connectivity index (χ3n) is 4.92. The number of benzene rings is 2. The summed E-state index contributed by atoms with van der Waals surface area (Å²) in [6, 6.07) is 12.9. The molecule has 2 rings (SSSR count). The van der Waals surface area contributed by atoms with Crippen molar-refractivity contribution in [1.29, 1.82) is 5.41 Å². The second-order valence-electron chi connectivity index (χ2n) is 7.01. The normalized spacial score (nSPS) is 10.5. The van der Waals surface area contributed by atoms with E-state index < -0.39 is 0 Å². The lowest BCUT2D eigenvalue weighted by Crippen LogP contribution is -2.13. The lowest BCUT2D eigenvalue weighted by atomic mass is 9.89. The van der Waals surface area contributed by atoms with E-state index in [1.807, 2.05) is 6.08 Å². The number of nitrogens with two attached hydrogens (primary N) is 1. The molecule has 0 saturated carbocycles. The SMILES string of the molecule is C=CCCCc1cc(CC(=N)N)ccc1C(=C)Cc1cccc(C)c1C. The molecular weight excluding hydrogens is 316 g/mol. The Morgan fingerprint density at radius 2 is 1.88 bits per heavy atom. The number of nitrogens with one attached hydrogen (secondary N) is 1. The fraction of sp³-hybridized carbons (Fsp3) is 0.292. The Bertz CT molecular complexity index is 815. The number of unbranched alkanes of at least 4 members (excludes halogenated alkanes) is 1. The molecule has 0 saturated heterocycles. The molecule has 0 bridgehead atoms. The standard InChI is InChI=1S/C24H30N2/c1-5-6-7-10-22-15-20(16-24(25)26)12-13-23(22)18(3)14-21-11-8-9-17(2)19(21)4/h5,8-9,11-13,15H,1,3,6-7,10,14,16H2,2,4H3,(H3,25,26). The van der Waals surface area contributed by atoms with Crippen molar-refractivity contribution in [3.05, 3.63) is 89.0 Å². The molecule has 0 aliphatic heterocycles. The third kappa shape index (κ3) is 5.19. The van der Waals surface area contributed by atoms with Crippen LogP contribution < -0.4 is 5.73 Å². The average Bonchev–Trinajstić information content (AvgIpc) is 2.59. The van der Waals surface area contributed by atoms with E-state index in [-0.39, 0.29) is 5.84 Å². The van der Waals surface area contributed by atoms with Gasteiger partial charge in [-0.3, -0.25) is 5.41 Å². The van der Waals surface area contributed by atoms with E-state index in [2.05, 4.69) is 63.4 Å². The maximum absolute atomic E-state index is 7.55. The maximum Gasteiger partial charge on any atom is 0.0950 e. The van der Waals surface area contributed by atoms with Crippen molar-refractivity contribution >= 4 is 11.4 Å². The summed E-state index contributed by atoms with van der Waals surface area (Å²) < 4.78 is 0. The van der Waals surface area contributed by atoms with Crippen molar-refractivity contribution in [3.63, 3.8) is 0 Å². The van der Waals surface area contributed by atoms with Crippen LogP contribution in [0.4, 0.5) is 0 Å². The Kier molecular flexibility index (Phi) is 6.97. The highest BCUT2D eigenvalue weighted by molar-refractivity contribution is 5.80. The molecule has 2 heteroatoms. The lowest BCUT2D eigenvalue weighted by Gasteiger charge is -2.16. The first-order valence-electron chi connectivity index (χ1n) is 9.21. The second kappa shape index (κ2) is 9.19. The van der Waals surface area contributed by atoms with Gasteiger partial charge in [0.1, 0.15) is 0 Å². The van der Waals surface area contributed by atoms with Gasteiger partial charge in [-0.05, 0) is 78.5 Å². The Hall–Kier alpha value is -2.61. The fourth-order valence-corrected chi connectivity index (χ4v) is 3.29. The van der Waals surface area contributed by atoms with Crippen molar-refractivity contribution in [2.45, 2.75) is 46.0 Å². The van der Waals surface area contributed by atoms with Gasteiger partial charge in [0, 0.05) is 6.42 Å². The summed E-state index contributed by atoms with van der Waals surface area (Å²) in [6.45, 7) is 12.5. The first-order valence-corrected chi connectivity index (χ1v) is 9.21. The molecule has 136 valence electrons. The molecule has 2 aromatic carbocycles. The summed E-state index contributed by atoms with van der Waals surface area (Å²) in [6.07, 6.45) is 6.37. The van der Waals surface area contributed by atoms with Gasteiger partial charge in [0.15, 0.2) is 0 Å². The van der Waals surface area contributed by atoms with E-state index in [1.165, 1.54) is 27.8 Å². The zero-order valence-electron chi connectivity index (χ0n) is 16.1. The smallest absolute Gasteiger partial charge is 0.0950 e. The van der Waals surface area contributed by atoms with Crippen LogP contribution in [0.25, 0.3) is 5.57 Å². The third-order valence-corrected chi connectivity index (χ3v) is 4.92. The Labute approximate surface area is 158 Å².